The highest BCUT2D eigenvalue weighted by molar-refractivity contribution is 5.98. The number of aryl methyl sites for hydroxylation is 1. The number of ether oxygens (including phenoxy) is 1. The number of nitrogen functional groups attached to an aromatic ring is 1. The molecule has 0 aliphatic rings. The van der Waals surface area contributed by atoms with Gasteiger partial charge in [-0.25, -0.2) is 0 Å². The Morgan fingerprint density at radius 1 is 1.47 bits per heavy atom. The summed E-state index contributed by atoms with van der Waals surface area (Å²) in [6, 6.07) is 7.51. The minimum absolute atomic E-state index is 0.253. The third kappa shape index (κ3) is 2.67. The second kappa shape index (κ2) is 5.43. The maximum Gasteiger partial charge on any atom is 0.256 e. The summed E-state index contributed by atoms with van der Waals surface area (Å²) in [5, 5.41) is 6.72. The van der Waals surface area contributed by atoms with Gasteiger partial charge in [0.05, 0.1) is 13.3 Å². The first-order valence-corrected chi connectivity index (χ1v) is 5.81. The molecule has 1 aromatic heterocycles. The van der Waals surface area contributed by atoms with Gasteiger partial charge in [-0.2, -0.15) is 5.10 Å². The molecule has 0 radical (unpaired) electrons. The van der Waals surface area contributed by atoms with Gasteiger partial charge in [-0.3, -0.25) is 9.48 Å². The van der Waals surface area contributed by atoms with Crippen LogP contribution in [0.2, 0.25) is 0 Å². The molecule has 6 nitrogen and oxygen atoms in total. The van der Waals surface area contributed by atoms with Crippen LogP contribution in [0.4, 0.5) is 5.82 Å². The van der Waals surface area contributed by atoms with E-state index in [1.165, 1.54) is 10.9 Å². The fourth-order valence-electron chi connectivity index (χ4n) is 1.74. The number of carbonyl (C=O) groups excluding carboxylic acids is 1. The van der Waals surface area contributed by atoms with Crippen LogP contribution >= 0.6 is 0 Å². The van der Waals surface area contributed by atoms with Crippen molar-refractivity contribution in [1.29, 1.82) is 0 Å². The molecular weight excluding hydrogens is 244 g/mol. The molecule has 0 bridgehead atoms. The lowest BCUT2D eigenvalue weighted by Gasteiger charge is -2.09. The smallest absolute Gasteiger partial charge is 0.256 e. The fourth-order valence-corrected chi connectivity index (χ4v) is 1.74. The van der Waals surface area contributed by atoms with E-state index in [1.807, 2.05) is 24.3 Å². The largest absolute Gasteiger partial charge is 0.496 e. The summed E-state index contributed by atoms with van der Waals surface area (Å²) in [7, 11) is 3.28. The molecule has 2 rings (SSSR count). The molecular formula is C13H16N4O2. The molecule has 1 aromatic carbocycles. The number of hydrogen-bond acceptors (Lipinski definition) is 4. The minimum Gasteiger partial charge on any atom is -0.496 e. The second-order valence-electron chi connectivity index (χ2n) is 4.06. The highest BCUT2D eigenvalue weighted by atomic mass is 16.5. The molecule has 100 valence electrons. The summed E-state index contributed by atoms with van der Waals surface area (Å²) in [4.78, 5) is 12.0. The van der Waals surface area contributed by atoms with Crippen molar-refractivity contribution in [3.05, 3.63) is 41.6 Å². The minimum atomic E-state index is -0.253. The quantitative estimate of drug-likeness (QED) is 0.857. The van der Waals surface area contributed by atoms with Crippen LogP contribution < -0.4 is 15.8 Å². The van der Waals surface area contributed by atoms with E-state index in [9.17, 15) is 4.79 Å². The zero-order valence-electron chi connectivity index (χ0n) is 10.9. The van der Waals surface area contributed by atoms with E-state index >= 15 is 0 Å². The van der Waals surface area contributed by atoms with Crippen LogP contribution in [-0.4, -0.2) is 22.8 Å². The van der Waals surface area contributed by atoms with Gasteiger partial charge in [0, 0.05) is 19.2 Å². The Bertz CT molecular complexity index is 592. The number of anilines is 1. The number of rotatable bonds is 4. The first kappa shape index (κ1) is 12.9. The van der Waals surface area contributed by atoms with E-state index in [1.54, 1.807) is 14.2 Å². The molecule has 6 heteroatoms. The molecule has 0 aliphatic carbocycles. The van der Waals surface area contributed by atoms with Gasteiger partial charge in [0.1, 0.15) is 17.1 Å². The summed E-state index contributed by atoms with van der Waals surface area (Å²) in [5.74, 6) is 0.830. The molecule has 3 N–H and O–H groups in total. The second-order valence-corrected chi connectivity index (χ2v) is 4.06. The predicted molar refractivity (Wildman–Crippen MR) is 71.8 cm³/mol. The summed E-state index contributed by atoms with van der Waals surface area (Å²) < 4.78 is 6.68. The summed E-state index contributed by atoms with van der Waals surface area (Å²) >= 11 is 0. The Labute approximate surface area is 111 Å². The van der Waals surface area contributed by atoms with Crippen molar-refractivity contribution >= 4 is 11.7 Å². The number of methoxy groups -OCH3 is 1. The number of para-hydroxylation sites is 1. The van der Waals surface area contributed by atoms with Crippen LogP contribution in [0.3, 0.4) is 0 Å². The van der Waals surface area contributed by atoms with E-state index in [0.29, 0.717) is 17.9 Å². The van der Waals surface area contributed by atoms with Gasteiger partial charge in [-0.1, -0.05) is 18.2 Å². The predicted octanol–water partition coefficient (Wildman–Crippen LogP) is 0.941. The van der Waals surface area contributed by atoms with E-state index in [4.69, 9.17) is 10.5 Å². The fraction of sp³-hybridized carbons (Fsp3) is 0.231. The lowest BCUT2D eigenvalue weighted by Crippen LogP contribution is -2.23. The number of nitrogens with zero attached hydrogens (tertiary/aromatic N) is 2. The molecule has 0 spiro atoms. The number of amides is 1. The molecule has 0 saturated carbocycles. The molecule has 1 heterocycles. The molecule has 19 heavy (non-hydrogen) atoms. The highest BCUT2D eigenvalue weighted by Gasteiger charge is 2.13. The number of carbonyl (C=O) groups is 1. The Morgan fingerprint density at radius 2 is 2.21 bits per heavy atom. The summed E-state index contributed by atoms with van der Waals surface area (Å²) in [6.45, 7) is 0.372. The van der Waals surface area contributed by atoms with Gasteiger partial charge in [-0.15, -0.1) is 0 Å². The van der Waals surface area contributed by atoms with Crippen molar-refractivity contribution in [3.8, 4) is 5.75 Å². The molecule has 2 aromatic rings. The third-order valence-electron chi connectivity index (χ3n) is 2.86. The zero-order valence-corrected chi connectivity index (χ0v) is 10.9. The highest BCUT2D eigenvalue weighted by Crippen LogP contribution is 2.17. The zero-order chi connectivity index (χ0) is 13.8. The van der Waals surface area contributed by atoms with Crippen molar-refractivity contribution < 1.29 is 9.53 Å². The number of aromatic nitrogens is 2. The average molecular weight is 260 g/mol. The van der Waals surface area contributed by atoms with E-state index < -0.39 is 0 Å². The van der Waals surface area contributed by atoms with Gasteiger partial charge in [0.15, 0.2) is 0 Å². The molecule has 0 fully saturated rings. The van der Waals surface area contributed by atoms with Crippen molar-refractivity contribution in [1.82, 2.24) is 15.1 Å². The van der Waals surface area contributed by atoms with Gasteiger partial charge >= 0.3 is 0 Å². The van der Waals surface area contributed by atoms with Crippen molar-refractivity contribution in [3.63, 3.8) is 0 Å². The van der Waals surface area contributed by atoms with E-state index in [-0.39, 0.29) is 5.91 Å². The third-order valence-corrected chi connectivity index (χ3v) is 2.86. The van der Waals surface area contributed by atoms with Crippen molar-refractivity contribution in [2.24, 2.45) is 7.05 Å². The van der Waals surface area contributed by atoms with Crippen LogP contribution in [0.1, 0.15) is 15.9 Å². The molecule has 0 unspecified atom stereocenters. The average Bonchev–Trinajstić information content (AvgIpc) is 2.77. The summed E-state index contributed by atoms with van der Waals surface area (Å²) in [6.07, 6.45) is 1.45. The normalized spacial score (nSPS) is 10.2. The van der Waals surface area contributed by atoms with Gasteiger partial charge in [-0.05, 0) is 6.07 Å². The maximum atomic E-state index is 12.0. The molecule has 1 amide bonds. The molecule has 0 aliphatic heterocycles. The first-order valence-electron chi connectivity index (χ1n) is 5.81. The summed E-state index contributed by atoms with van der Waals surface area (Å²) in [5.41, 5.74) is 7.02. The van der Waals surface area contributed by atoms with Crippen LogP contribution in [-0.2, 0) is 13.6 Å². The van der Waals surface area contributed by atoms with Crippen LogP contribution in [0.25, 0.3) is 0 Å². The number of benzene rings is 1. The lowest BCUT2D eigenvalue weighted by atomic mass is 10.2. The first-order chi connectivity index (χ1) is 9.13. The topological polar surface area (TPSA) is 82.2 Å². The number of nitrogens with two attached hydrogens (primary N) is 1. The Balaban J connectivity index is 2.07. The van der Waals surface area contributed by atoms with Gasteiger partial charge in [0.25, 0.3) is 5.91 Å². The van der Waals surface area contributed by atoms with Crippen LogP contribution in [0, 0.1) is 0 Å². The van der Waals surface area contributed by atoms with Crippen molar-refractivity contribution in [2.45, 2.75) is 6.54 Å². The Kier molecular flexibility index (Phi) is 3.70. The van der Waals surface area contributed by atoms with Gasteiger partial charge in [0.2, 0.25) is 0 Å². The lowest BCUT2D eigenvalue weighted by molar-refractivity contribution is 0.0951. The molecule has 0 saturated heterocycles. The maximum absolute atomic E-state index is 12.0. The Morgan fingerprint density at radius 3 is 2.84 bits per heavy atom. The number of nitrogens with one attached hydrogen (secondary N) is 1. The molecule has 0 atom stereocenters. The van der Waals surface area contributed by atoms with E-state index in [0.717, 1.165) is 11.3 Å². The van der Waals surface area contributed by atoms with Crippen LogP contribution in [0.5, 0.6) is 5.75 Å². The van der Waals surface area contributed by atoms with Gasteiger partial charge < -0.3 is 15.8 Å². The monoisotopic (exact) mass is 260 g/mol. The van der Waals surface area contributed by atoms with E-state index in [2.05, 4.69) is 10.4 Å². The SMILES string of the molecule is COc1ccccc1CNC(=O)c1cnn(C)c1N. The van der Waals surface area contributed by atoms with Crippen molar-refractivity contribution in [2.75, 3.05) is 12.8 Å². The standard InChI is InChI=1S/C13H16N4O2/c1-17-12(14)10(8-16-17)13(18)15-7-9-5-3-4-6-11(9)19-2/h3-6,8H,7,14H2,1-2H3,(H,15,18). The number of hydrogen-bond donors (Lipinski definition) is 2. The van der Waals surface area contributed by atoms with Crippen LogP contribution in [0.15, 0.2) is 30.5 Å². The Hall–Kier alpha value is -2.50.